The van der Waals surface area contributed by atoms with Gasteiger partial charge in [-0.05, 0) is 63.1 Å². The molecule has 4 rings (SSSR count). The Morgan fingerprint density at radius 1 is 1.17 bits per heavy atom. The first-order valence-electron chi connectivity index (χ1n) is 10.7. The summed E-state index contributed by atoms with van der Waals surface area (Å²) < 4.78 is 60.7. The van der Waals surface area contributed by atoms with E-state index in [2.05, 4.69) is 9.62 Å². The molecule has 5 atom stereocenters. The van der Waals surface area contributed by atoms with E-state index in [0.29, 0.717) is 24.9 Å². The molecule has 2 heterocycles. The van der Waals surface area contributed by atoms with E-state index in [0.717, 1.165) is 38.1 Å². The van der Waals surface area contributed by atoms with E-state index >= 15 is 0 Å². The zero-order chi connectivity index (χ0) is 21.6. The molecule has 3 fully saturated rings. The molecule has 3 N–H and O–H groups in total. The van der Waals surface area contributed by atoms with Crippen molar-refractivity contribution >= 4 is 10.0 Å². The standard InChI is InChI=1S/C21H31F2N3O3S/c1-12(2)30(27,28)25-16-5-13-9-26(10-14(13)6-16)17-8-20(24)21(29-11-17)18-7-15(22)3-4-19(18)23/h3-4,7,12-14,16-17,20-21,25H,5-6,8-11,24H2,1-2H3. The van der Waals surface area contributed by atoms with Crippen LogP contribution in [-0.4, -0.2) is 56.4 Å². The molecule has 5 unspecified atom stereocenters. The normalized spacial score (nSPS) is 35.1. The van der Waals surface area contributed by atoms with Gasteiger partial charge in [0.15, 0.2) is 0 Å². The van der Waals surface area contributed by atoms with Crippen molar-refractivity contribution in [3.63, 3.8) is 0 Å². The van der Waals surface area contributed by atoms with Crippen LogP contribution in [0.15, 0.2) is 18.2 Å². The number of benzene rings is 1. The second-order valence-electron chi connectivity index (χ2n) is 9.33. The van der Waals surface area contributed by atoms with E-state index in [4.69, 9.17) is 10.5 Å². The first-order valence-corrected chi connectivity index (χ1v) is 12.3. The van der Waals surface area contributed by atoms with Crippen LogP contribution in [0.1, 0.15) is 44.8 Å². The highest BCUT2D eigenvalue weighted by atomic mass is 32.2. The Balaban J connectivity index is 1.33. The number of fused-ring (bicyclic) bond motifs is 1. The molecular weight excluding hydrogens is 412 g/mol. The Bertz CT molecular complexity index is 868. The smallest absolute Gasteiger partial charge is 0.214 e. The van der Waals surface area contributed by atoms with Gasteiger partial charge in [-0.25, -0.2) is 21.9 Å². The monoisotopic (exact) mass is 443 g/mol. The summed E-state index contributed by atoms with van der Waals surface area (Å²) in [5.74, 6) is -0.0841. The molecule has 0 spiro atoms. The van der Waals surface area contributed by atoms with Crippen LogP contribution in [0.5, 0.6) is 0 Å². The lowest BCUT2D eigenvalue weighted by Crippen LogP contribution is -2.49. The lowest BCUT2D eigenvalue weighted by molar-refractivity contribution is -0.0485. The van der Waals surface area contributed by atoms with Gasteiger partial charge in [0.2, 0.25) is 10.0 Å². The average Bonchev–Trinajstić information content (AvgIpc) is 3.22. The van der Waals surface area contributed by atoms with Gasteiger partial charge in [-0.15, -0.1) is 0 Å². The summed E-state index contributed by atoms with van der Waals surface area (Å²) in [7, 11) is -3.25. The van der Waals surface area contributed by atoms with Crippen molar-refractivity contribution < 1.29 is 21.9 Å². The molecule has 3 aliphatic rings. The molecule has 2 saturated heterocycles. The average molecular weight is 444 g/mol. The van der Waals surface area contributed by atoms with E-state index in [-0.39, 0.29) is 17.6 Å². The molecule has 2 aliphatic heterocycles. The number of rotatable bonds is 5. The van der Waals surface area contributed by atoms with Gasteiger partial charge in [-0.2, -0.15) is 0 Å². The minimum absolute atomic E-state index is 0.0137. The Kier molecular flexibility index (Phi) is 6.20. The maximum atomic E-state index is 14.1. The third-order valence-electron chi connectivity index (χ3n) is 6.91. The number of nitrogens with two attached hydrogens (primary N) is 1. The lowest BCUT2D eigenvalue weighted by atomic mass is 9.93. The zero-order valence-corrected chi connectivity index (χ0v) is 18.2. The van der Waals surface area contributed by atoms with Gasteiger partial charge in [0.1, 0.15) is 17.7 Å². The summed E-state index contributed by atoms with van der Waals surface area (Å²) in [6.07, 6.45) is 1.71. The second kappa shape index (κ2) is 8.43. The number of hydrogen-bond donors (Lipinski definition) is 2. The van der Waals surface area contributed by atoms with E-state index in [1.54, 1.807) is 13.8 Å². The van der Waals surface area contributed by atoms with Crippen LogP contribution >= 0.6 is 0 Å². The summed E-state index contributed by atoms with van der Waals surface area (Å²) in [5.41, 5.74) is 6.49. The van der Waals surface area contributed by atoms with Crippen molar-refractivity contribution in [2.45, 2.75) is 62.6 Å². The number of halogens is 2. The third kappa shape index (κ3) is 4.41. The molecule has 1 aromatic carbocycles. The number of nitrogens with one attached hydrogen (secondary N) is 1. The molecule has 1 aliphatic carbocycles. The maximum absolute atomic E-state index is 14.1. The molecule has 30 heavy (non-hydrogen) atoms. The molecule has 0 aromatic heterocycles. The Labute approximate surface area is 177 Å². The predicted molar refractivity (Wildman–Crippen MR) is 110 cm³/mol. The third-order valence-corrected chi connectivity index (χ3v) is 8.82. The van der Waals surface area contributed by atoms with Crippen molar-refractivity contribution in [2.24, 2.45) is 17.6 Å². The largest absolute Gasteiger partial charge is 0.370 e. The second-order valence-corrected chi connectivity index (χ2v) is 11.6. The molecular formula is C21H31F2N3O3S. The van der Waals surface area contributed by atoms with Crippen LogP contribution in [0.25, 0.3) is 0 Å². The van der Waals surface area contributed by atoms with Crippen LogP contribution in [0.4, 0.5) is 8.78 Å². The summed E-state index contributed by atoms with van der Waals surface area (Å²) in [6.45, 7) is 5.59. The van der Waals surface area contributed by atoms with Gasteiger partial charge in [0.25, 0.3) is 0 Å². The predicted octanol–water partition coefficient (Wildman–Crippen LogP) is 2.16. The molecule has 0 amide bonds. The van der Waals surface area contributed by atoms with Gasteiger partial charge < -0.3 is 10.5 Å². The maximum Gasteiger partial charge on any atom is 0.214 e. The van der Waals surface area contributed by atoms with Crippen LogP contribution < -0.4 is 10.5 Å². The first kappa shape index (κ1) is 22.1. The van der Waals surface area contributed by atoms with Crippen molar-refractivity contribution in [3.05, 3.63) is 35.4 Å². The van der Waals surface area contributed by atoms with Crippen LogP contribution in [-0.2, 0) is 14.8 Å². The van der Waals surface area contributed by atoms with E-state index < -0.39 is 39.1 Å². The molecule has 0 bridgehead atoms. The molecule has 168 valence electrons. The number of hydrogen-bond acceptors (Lipinski definition) is 5. The highest BCUT2D eigenvalue weighted by Crippen LogP contribution is 2.41. The van der Waals surface area contributed by atoms with Crippen LogP contribution in [0.2, 0.25) is 0 Å². The van der Waals surface area contributed by atoms with Crippen molar-refractivity contribution in [1.82, 2.24) is 9.62 Å². The minimum atomic E-state index is -3.25. The Morgan fingerprint density at radius 3 is 2.43 bits per heavy atom. The lowest BCUT2D eigenvalue weighted by Gasteiger charge is -2.39. The van der Waals surface area contributed by atoms with E-state index in [1.165, 1.54) is 6.07 Å². The van der Waals surface area contributed by atoms with Gasteiger partial charge >= 0.3 is 0 Å². The van der Waals surface area contributed by atoms with Crippen LogP contribution in [0, 0.1) is 23.5 Å². The fourth-order valence-corrected chi connectivity index (χ4v) is 6.18. The quantitative estimate of drug-likeness (QED) is 0.729. The summed E-state index contributed by atoms with van der Waals surface area (Å²) >= 11 is 0. The summed E-state index contributed by atoms with van der Waals surface area (Å²) in [4.78, 5) is 2.38. The molecule has 6 nitrogen and oxygen atoms in total. The highest BCUT2D eigenvalue weighted by molar-refractivity contribution is 7.90. The number of ether oxygens (including phenoxy) is 1. The van der Waals surface area contributed by atoms with Gasteiger partial charge in [0.05, 0.1) is 11.9 Å². The Hall–Kier alpha value is -1.13. The van der Waals surface area contributed by atoms with Gasteiger partial charge in [-0.1, -0.05) is 0 Å². The van der Waals surface area contributed by atoms with Crippen molar-refractivity contribution in [1.29, 1.82) is 0 Å². The number of nitrogens with zero attached hydrogens (tertiary/aromatic N) is 1. The Morgan fingerprint density at radius 2 is 1.83 bits per heavy atom. The highest BCUT2D eigenvalue weighted by Gasteiger charge is 2.45. The number of likely N-dealkylation sites (tertiary alicyclic amines) is 1. The van der Waals surface area contributed by atoms with E-state index in [9.17, 15) is 17.2 Å². The first-order chi connectivity index (χ1) is 14.1. The molecule has 1 aromatic rings. The van der Waals surface area contributed by atoms with Gasteiger partial charge in [0, 0.05) is 36.8 Å². The molecule has 9 heteroatoms. The SMILES string of the molecule is CC(C)S(=O)(=O)NC1CC2CN(C3COC(c4cc(F)ccc4F)C(N)C3)CC2C1. The minimum Gasteiger partial charge on any atom is -0.370 e. The van der Waals surface area contributed by atoms with Crippen molar-refractivity contribution in [3.8, 4) is 0 Å². The summed E-state index contributed by atoms with van der Waals surface area (Å²) in [6, 6.07) is 3.11. The summed E-state index contributed by atoms with van der Waals surface area (Å²) in [5, 5.41) is -0.425. The van der Waals surface area contributed by atoms with Crippen LogP contribution in [0.3, 0.4) is 0 Å². The zero-order valence-electron chi connectivity index (χ0n) is 17.4. The number of sulfonamides is 1. The topological polar surface area (TPSA) is 84.7 Å². The fraction of sp³-hybridized carbons (Fsp3) is 0.714. The molecule has 0 radical (unpaired) electrons. The fourth-order valence-electron chi connectivity index (χ4n) is 5.25. The van der Waals surface area contributed by atoms with E-state index in [1.807, 2.05) is 0 Å². The van der Waals surface area contributed by atoms with Gasteiger partial charge in [-0.3, -0.25) is 4.90 Å². The van der Waals surface area contributed by atoms with Crippen molar-refractivity contribution in [2.75, 3.05) is 19.7 Å². The molecule has 1 saturated carbocycles.